The highest BCUT2D eigenvalue weighted by atomic mass is 15.2. The fraction of sp³-hybridized carbons (Fsp3) is 0.571. The van der Waals surface area contributed by atoms with E-state index in [2.05, 4.69) is 42.0 Å². The maximum atomic E-state index is 5.72. The smallest absolute Gasteiger partial charge is 0.0607 e. The van der Waals surface area contributed by atoms with Gasteiger partial charge in [0.15, 0.2) is 0 Å². The van der Waals surface area contributed by atoms with Crippen molar-refractivity contribution in [1.29, 1.82) is 0 Å². The van der Waals surface area contributed by atoms with Crippen molar-refractivity contribution >= 4 is 11.4 Å². The average Bonchev–Trinajstić information content (AvgIpc) is 2.50. The Bertz CT molecular complexity index is 376. The monoisotopic (exact) mass is 233 g/mol. The lowest BCUT2D eigenvalue weighted by Crippen LogP contribution is -2.30. The zero-order chi connectivity index (χ0) is 12.3. The number of nitrogens with zero attached hydrogens (tertiary/aromatic N) is 2. The summed E-state index contributed by atoms with van der Waals surface area (Å²) < 4.78 is 0. The van der Waals surface area contributed by atoms with Crippen molar-refractivity contribution in [3.05, 3.63) is 23.8 Å². The predicted octanol–water partition coefficient (Wildman–Crippen LogP) is 1.85. The molecule has 1 heterocycles. The van der Waals surface area contributed by atoms with Crippen molar-refractivity contribution < 1.29 is 0 Å². The lowest BCUT2D eigenvalue weighted by Gasteiger charge is -2.26. The number of aryl methyl sites for hydroxylation is 1. The Morgan fingerprint density at radius 3 is 2.76 bits per heavy atom. The van der Waals surface area contributed by atoms with Crippen LogP contribution < -0.4 is 15.5 Å². The van der Waals surface area contributed by atoms with Crippen molar-refractivity contribution in [3.8, 4) is 0 Å². The van der Waals surface area contributed by atoms with E-state index in [9.17, 15) is 0 Å². The third-order valence-electron chi connectivity index (χ3n) is 3.52. The van der Waals surface area contributed by atoms with E-state index in [1.165, 1.54) is 23.4 Å². The van der Waals surface area contributed by atoms with E-state index in [4.69, 9.17) is 5.73 Å². The molecule has 0 amide bonds. The summed E-state index contributed by atoms with van der Waals surface area (Å²) in [4.78, 5) is 4.78. The molecular weight excluding hydrogens is 210 g/mol. The number of benzene rings is 1. The van der Waals surface area contributed by atoms with Crippen LogP contribution in [0.25, 0.3) is 0 Å². The Balaban J connectivity index is 2.39. The van der Waals surface area contributed by atoms with Crippen LogP contribution >= 0.6 is 0 Å². The van der Waals surface area contributed by atoms with Crippen LogP contribution in [0.1, 0.15) is 18.9 Å². The van der Waals surface area contributed by atoms with Crippen molar-refractivity contribution in [2.24, 2.45) is 5.73 Å². The van der Waals surface area contributed by atoms with Crippen molar-refractivity contribution in [2.75, 3.05) is 43.0 Å². The molecule has 0 unspecified atom stereocenters. The Hall–Kier alpha value is -1.22. The number of rotatable bonds is 3. The van der Waals surface area contributed by atoms with Crippen LogP contribution in [0.4, 0.5) is 11.4 Å². The zero-order valence-electron chi connectivity index (χ0n) is 10.9. The van der Waals surface area contributed by atoms with Gasteiger partial charge in [0, 0.05) is 33.2 Å². The number of anilines is 2. The first-order chi connectivity index (χ1) is 8.26. The topological polar surface area (TPSA) is 32.5 Å². The van der Waals surface area contributed by atoms with E-state index in [-0.39, 0.29) is 0 Å². The summed E-state index contributed by atoms with van der Waals surface area (Å²) in [6.45, 7) is 6.12. The highest BCUT2D eigenvalue weighted by molar-refractivity contribution is 5.72. The fourth-order valence-electron chi connectivity index (χ4n) is 2.49. The zero-order valence-corrected chi connectivity index (χ0v) is 10.9. The first-order valence-electron chi connectivity index (χ1n) is 6.55. The second kappa shape index (κ2) is 5.41. The second-order valence-corrected chi connectivity index (χ2v) is 4.73. The standard InChI is InChI=1S/C14H23N3/c1-3-12-5-6-13-14(11-12)17(10-7-15)9-4-8-16(13)2/h5-6,11H,3-4,7-10,15H2,1-2H3. The van der Waals surface area contributed by atoms with Gasteiger partial charge >= 0.3 is 0 Å². The first kappa shape index (κ1) is 12.2. The van der Waals surface area contributed by atoms with Crippen LogP contribution in [-0.4, -0.2) is 33.2 Å². The Labute approximate surface area is 104 Å². The first-order valence-corrected chi connectivity index (χ1v) is 6.55. The van der Waals surface area contributed by atoms with Crippen LogP contribution in [0.15, 0.2) is 18.2 Å². The quantitative estimate of drug-likeness (QED) is 0.865. The number of hydrogen-bond acceptors (Lipinski definition) is 3. The lowest BCUT2D eigenvalue weighted by molar-refractivity contribution is 0.741. The molecule has 17 heavy (non-hydrogen) atoms. The summed E-state index contributed by atoms with van der Waals surface area (Å²) >= 11 is 0. The summed E-state index contributed by atoms with van der Waals surface area (Å²) in [6.07, 6.45) is 2.29. The summed E-state index contributed by atoms with van der Waals surface area (Å²) in [5.41, 5.74) is 9.82. The maximum absolute atomic E-state index is 5.72. The van der Waals surface area contributed by atoms with Crippen molar-refractivity contribution in [2.45, 2.75) is 19.8 Å². The minimum atomic E-state index is 0.722. The van der Waals surface area contributed by atoms with Crippen LogP contribution in [0.3, 0.4) is 0 Å². The molecule has 0 radical (unpaired) electrons. The van der Waals surface area contributed by atoms with Gasteiger partial charge in [-0.1, -0.05) is 13.0 Å². The lowest BCUT2D eigenvalue weighted by atomic mass is 10.1. The predicted molar refractivity (Wildman–Crippen MR) is 75.0 cm³/mol. The third kappa shape index (κ3) is 2.55. The fourth-order valence-corrected chi connectivity index (χ4v) is 2.49. The summed E-state index contributed by atoms with van der Waals surface area (Å²) in [6, 6.07) is 6.82. The summed E-state index contributed by atoms with van der Waals surface area (Å²) in [5.74, 6) is 0. The highest BCUT2D eigenvalue weighted by Crippen LogP contribution is 2.32. The third-order valence-corrected chi connectivity index (χ3v) is 3.52. The van der Waals surface area contributed by atoms with Gasteiger partial charge in [-0.05, 0) is 30.5 Å². The van der Waals surface area contributed by atoms with Crippen molar-refractivity contribution in [1.82, 2.24) is 0 Å². The largest absolute Gasteiger partial charge is 0.373 e. The molecule has 3 heteroatoms. The Morgan fingerprint density at radius 2 is 2.06 bits per heavy atom. The van der Waals surface area contributed by atoms with Gasteiger partial charge in [-0.25, -0.2) is 0 Å². The molecule has 0 spiro atoms. The van der Waals surface area contributed by atoms with E-state index in [0.717, 1.165) is 32.6 Å². The normalized spacial score (nSPS) is 15.7. The van der Waals surface area contributed by atoms with Gasteiger partial charge in [-0.2, -0.15) is 0 Å². The van der Waals surface area contributed by atoms with E-state index in [1.54, 1.807) is 0 Å². The molecule has 0 atom stereocenters. The van der Waals surface area contributed by atoms with E-state index in [0.29, 0.717) is 0 Å². The second-order valence-electron chi connectivity index (χ2n) is 4.73. The van der Waals surface area contributed by atoms with Crippen molar-refractivity contribution in [3.63, 3.8) is 0 Å². The molecule has 0 aliphatic carbocycles. The molecular formula is C14H23N3. The van der Waals surface area contributed by atoms with Gasteiger partial charge in [0.2, 0.25) is 0 Å². The van der Waals surface area contributed by atoms with E-state index >= 15 is 0 Å². The minimum Gasteiger partial charge on any atom is -0.373 e. The molecule has 0 saturated heterocycles. The summed E-state index contributed by atoms with van der Waals surface area (Å²) in [7, 11) is 2.18. The van der Waals surface area contributed by atoms with Crippen LogP contribution in [0.2, 0.25) is 0 Å². The molecule has 0 saturated carbocycles. The molecule has 1 aliphatic heterocycles. The van der Waals surface area contributed by atoms with Gasteiger partial charge in [-0.3, -0.25) is 0 Å². The molecule has 0 aromatic heterocycles. The van der Waals surface area contributed by atoms with Crippen LogP contribution in [-0.2, 0) is 6.42 Å². The molecule has 2 rings (SSSR count). The van der Waals surface area contributed by atoms with Gasteiger partial charge in [-0.15, -0.1) is 0 Å². The molecule has 94 valence electrons. The molecule has 1 aromatic rings. The van der Waals surface area contributed by atoms with Gasteiger partial charge in [0.25, 0.3) is 0 Å². The highest BCUT2D eigenvalue weighted by Gasteiger charge is 2.17. The molecule has 1 aromatic carbocycles. The van der Waals surface area contributed by atoms with Crippen LogP contribution in [0.5, 0.6) is 0 Å². The summed E-state index contributed by atoms with van der Waals surface area (Å²) in [5, 5.41) is 0. The molecule has 1 aliphatic rings. The maximum Gasteiger partial charge on any atom is 0.0607 e. The minimum absolute atomic E-state index is 0.722. The number of hydrogen-bond donors (Lipinski definition) is 1. The SMILES string of the molecule is CCc1ccc2c(c1)N(CCN)CCCN2C. The Morgan fingerprint density at radius 1 is 1.24 bits per heavy atom. The van der Waals surface area contributed by atoms with Crippen LogP contribution in [0, 0.1) is 0 Å². The molecule has 0 fully saturated rings. The molecule has 2 N–H and O–H groups in total. The number of fused-ring (bicyclic) bond motifs is 1. The van der Waals surface area contributed by atoms with E-state index < -0.39 is 0 Å². The molecule has 3 nitrogen and oxygen atoms in total. The number of nitrogens with two attached hydrogens (primary N) is 1. The van der Waals surface area contributed by atoms with Gasteiger partial charge < -0.3 is 15.5 Å². The average molecular weight is 233 g/mol. The van der Waals surface area contributed by atoms with Gasteiger partial charge in [0.05, 0.1) is 11.4 Å². The molecule has 0 bridgehead atoms. The van der Waals surface area contributed by atoms with Gasteiger partial charge in [0.1, 0.15) is 0 Å². The Kier molecular flexibility index (Phi) is 3.89. The van der Waals surface area contributed by atoms with E-state index in [1.807, 2.05) is 0 Å².